The average molecular weight is 577 g/mol. The number of nitrogens with two attached hydrogens (primary N) is 1. The molecule has 0 bridgehead atoms. The number of nitrogen functional groups attached to an aromatic ring is 1. The van der Waals surface area contributed by atoms with Crippen LogP contribution in [0.4, 0.5) is 21.9 Å². The molecule has 0 spiro atoms. The van der Waals surface area contributed by atoms with Gasteiger partial charge in [0.25, 0.3) is 5.91 Å². The largest absolute Gasteiger partial charge is 0.399 e. The molecule has 6 amide bonds. The monoisotopic (exact) mass is 576 g/mol. The van der Waals surface area contributed by atoms with Gasteiger partial charge in [-0.3, -0.25) is 24.5 Å². The van der Waals surface area contributed by atoms with Gasteiger partial charge in [0.1, 0.15) is 6.04 Å². The van der Waals surface area contributed by atoms with Crippen molar-refractivity contribution in [1.29, 1.82) is 0 Å². The first-order chi connectivity index (χ1) is 20.3. The van der Waals surface area contributed by atoms with Crippen molar-refractivity contribution in [3.05, 3.63) is 53.6 Å². The van der Waals surface area contributed by atoms with Gasteiger partial charge in [0.15, 0.2) is 0 Å². The average Bonchev–Trinajstić information content (AvgIpc) is 3.30. The number of rotatable bonds is 9. The molecule has 0 aliphatic carbocycles. The van der Waals surface area contributed by atoms with E-state index in [4.69, 9.17) is 5.73 Å². The van der Waals surface area contributed by atoms with E-state index in [0.717, 1.165) is 30.0 Å². The molecule has 2 aromatic carbocycles. The summed E-state index contributed by atoms with van der Waals surface area (Å²) < 4.78 is 0. The zero-order chi connectivity index (χ0) is 29.6. The van der Waals surface area contributed by atoms with Crippen LogP contribution in [0, 0.1) is 0 Å². The minimum Gasteiger partial charge on any atom is -0.399 e. The molecule has 5 rings (SSSR count). The molecular weight excluding hydrogens is 540 g/mol. The summed E-state index contributed by atoms with van der Waals surface area (Å²) in [6, 6.07) is 12.0. The second-order valence-corrected chi connectivity index (χ2v) is 10.6. The van der Waals surface area contributed by atoms with Crippen molar-refractivity contribution in [2.75, 3.05) is 61.8 Å². The lowest BCUT2D eigenvalue weighted by Crippen LogP contribution is -2.52. The summed E-state index contributed by atoms with van der Waals surface area (Å²) in [6.45, 7) is 4.44. The van der Waals surface area contributed by atoms with Gasteiger partial charge in [0.05, 0.1) is 0 Å². The molecule has 2 fully saturated rings. The van der Waals surface area contributed by atoms with Crippen molar-refractivity contribution >= 4 is 46.7 Å². The third-order valence-electron chi connectivity index (χ3n) is 7.74. The zero-order valence-corrected chi connectivity index (χ0v) is 23.4. The Kier molecular flexibility index (Phi) is 8.86. The standard InChI is InChI=1S/C29H36N8O5/c30-20-1-4-22(5-2-20)35-13-15-36(16-14-35)29(42)32-12-11-31-10-9-26(39)33-21-3-6-23-19(17-21)18-37(28(23)41)24-7-8-25(38)34-27(24)40/h1-6,17,24,31H,7-16,18,30H2,(H,32,42)(H,33,39)(H,34,38,40). The van der Waals surface area contributed by atoms with Crippen molar-refractivity contribution in [2.45, 2.75) is 31.8 Å². The van der Waals surface area contributed by atoms with Gasteiger partial charge in [-0.1, -0.05) is 0 Å². The molecule has 13 nitrogen and oxygen atoms in total. The second kappa shape index (κ2) is 12.9. The van der Waals surface area contributed by atoms with Crippen molar-refractivity contribution in [3.8, 4) is 0 Å². The molecule has 3 heterocycles. The van der Waals surface area contributed by atoms with Crippen LogP contribution in [-0.2, 0) is 20.9 Å². The number of carbonyl (C=O) groups excluding carboxylic acids is 5. The third kappa shape index (κ3) is 6.79. The number of carbonyl (C=O) groups is 5. The number of imide groups is 1. The molecule has 222 valence electrons. The number of anilines is 3. The molecule has 3 aliphatic heterocycles. The maximum atomic E-state index is 12.8. The van der Waals surface area contributed by atoms with E-state index in [0.29, 0.717) is 50.4 Å². The van der Waals surface area contributed by atoms with Crippen molar-refractivity contribution in [2.24, 2.45) is 0 Å². The molecule has 6 N–H and O–H groups in total. The molecule has 1 atom stereocenters. The normalized spacial score (nSPS) is 18.5. The smallest absolute Gasteiger partial charge is 0.317 e. The van der Waals surface area contributed by atoms with Crippen LogP contribution in [0.2, 0.25) is 0 Å². The van der Waals surface area contributed by atoms with Crippen molar-refractivity contribution in [1.82, 2.24) is 25.8 Å². The Bertz CT molecular complexity index is 1360. The number of urea groups is 1. The number of nitrogens with one attached hydrogen (secondary N) is 4. The molecule has 1 unspecified atom stereocenters. The highest BCUT2D eigenvalue weighted by molar-refractivity contribution is 6.05. The Hall–Kier alpha value is -4.65. The predicted octanol–water partition coefficient (Wildman–Crippen LogP) is 0.480. The number of benzene rings is 2. The van der Waals surface area contributed by atoms with Crippen LogP contribution in [0.1, 0.15) is 35.2 Å². The number of piperidine rings is 1. The maximum absolute atomic E-state index is 12.8. The van der Waals surface area contributed by atoms with Crippen LogP contribution in [0.3, 0.4) is 0 Å². The van der Waals surface area contributed by atoms with Gasteiger partial charge in [0.2, 0.25) is 17.7 Å². The van der Waals surface area contributed by atoms with Crippen LogP contribution in [0.15, 0.2) is 42.5 Å². The highest BCUT2D eigenvalue weighted by Crippen LogP contribution is 2.29. The Morgan fingerprint density at radius 1 is 0.952 bits per heavy atom. The van der Waals surface area contributed by atoms with Gasteiger partial charge in [-0.25, -0.2) is 4.79 Å². The van der Waals surface area contributed by atoms with E-state index in [9.17, 15) is 24.0 Å². The summed E-state index contributed by atoms with van der Waals surface area (Å²) in [4.78, 5) is 67.0. The van der Waals surface area contributed by atoms with Gasteiger partial charge in [-0.15, -0.1) is 0 Å². The van der Waals surface area contributed by atoms with Crippen molar-refractivity contribution in [3.63, 3.8) is 0 Å². The number of piperazine rings is 1. The zero-order valence-electron chi connectivity index (χ0n) is 23.4. The van der Waals surface area contributed by atoms with E-state index in [-0.39, 0.29) is 43.1 Å². The number of amides is 6. The highest BCUT2D eigenvalue weighted by Gasteiger charge is 2.39. The Morgan fingerprint density at radius 3 is 2.45 bits per heavy atom. The summed E-state index contributed by atoms with van der Waals surface area (Å²) in [5.74, 6) is -1.22. The second-order valence-electron chi connectivity index (χ2n) is 10.6. The fraction of sp³-hybridized carbons (Fsp3) is 0.414. The Morgan fingerprint density at radius 2 is 1.71 bits per heavy atom. The third-order valence-corrected chi connectivity index (χ3v) is 7.74. The summed E-state index contributed by atoms with van der Waals surface area (Å²) in [6.07, 6.45) is 0.730. The van der Waals surface area contributed by atoms with E-state index in [1.165, 1.54) is 4.90 Å². The molecule has 13 heteroatoms. The predicted molar refractivity (Wildman–Crippen MR) is 157 cm³/mol. The minimum atomic E-state index is -0.679. The Labute approximate surface area is 243 Å². The quantitative estimate of drug-likeness (QED) is 0.163. The van der Waals surface area contributed by atoms with Crippen LogP contribution < -0.4 is 31.9 Å². The summed E-state index contributed by atoms with van der Waals surface area (Å²) in [5, 5.41) is 11.2. The van der Waals surface area contributed by atoms with Gasteiger partial charge < -0.3 is 36.4 Å². The van der Waals surface area contributed by atoms with E-state index in [1.807, 2.05) is 24.3 Å². The molecule has 2 aromatic rings. The summed E-state index contributed by atoms with van der Waals surface area (Å²) in [5.41, 5.74) is 9.37. The maximum Gasteiger partial charge on any atom is 0.317 e. The summed E-state index contributed by atoms with van der Waals surface area (Å²) in [7, 11) is 0. The minimum absolute atomic E-state index is 0.0993. The molecule has 42 heavy (non-hydrogen) atoms. The highest BCUT2D eigenvalue weighted by atomic mass is 16.2. The molecular formula is C29H36N8O5. The fourth-order valence-electron chi connectivity index (χ4n) is 5.43. The lowest BCUT2D eigenvalue weighted by atomic mass is 10.0. The first-order valence-corrected chi connectivity index (χ1v) is 14.2. The SMILES string of the molecule is Nc1ccc(N2CCN(C(=O)NCCNCCC(=O)Nc3ccc4c(c3)CN(C3CCC(=O)NC3=O)C4=O)CC2)cc1. The van der Waals surface area contributed by atoms with Crippen LogP contribution in [-0.4, -0.2) is 91.3 Å². The lowest BCUT2D eigenvalue weighted by molar-refractivity contribution is -0.137. The number of hydrogen-bond donors (Lipinski definition) is 5. The number of fused-ring (bicyclic) bond motifs is 1. The van der Waals surface area contributed by atoms with Crippen LogP contribution in [0.5, 0.6) is 0 Å². The van der Waals surface area contributed by atoms with E-state index in [1.54, 1.807) is 23.1 Å². The first kappa shape index (κ1) is 28.9. The van der Waals surface area contributed by atoms with Gasteiger partial charge in [0, 0.05) is 87.8 Å². The lowest BCUT2D eigenvalue weighted by Gasteiger charge is -2.36. The molecule has 0 aromatic heterocycles. The van der Waals surface area contributed by atoms with Gasteiger partial charge >= 0.3 is 6.03 Å². The molecule has 2 saturated heterocycles. The Balaban J connectivity index is 0.970. The van der Waals surface area contributed by atoms with E-state index >= 15 is 0 Å². The fourth-order valence-corrected chi connectivity index (χ4v) is 5.43. The topological polar surface area (TPSA) is 169 Å². The van der Waals surface area contributed by atoms with Gasteiger partial charge in [-0.05, 0) is 54.4 Å². The number of nitrogens with zero attached hydrogens (tertiary/aromatic N) is 3. The number of hydrogen-bond acceptors (Lipinski definition) is 8. The molecule has 3 aliphatic rings. The van der Waals surface area contributed by atoms with Crippen LogP contribution >= 0.6 is 0 Å². The molecule has 0 saturated carbocycles. The van der Waals surface area contributed by atoms with Gasteiger partial charge in [-0.2, -0.15) is 0 Å². The van der Waals surface area contributed by atoms with E-state index < -0.39 is 11.9 Å². The molecule has 0 radical (unpaired) electrons. The van der Waals surface area contributed by atoms with Crippen molar-refractivity contribution < 1.29 is 24.0 Å². The van der Waals surface area contributed by atoms with Crippen LogP contribution in [0.25, 0.3) is 0 Å². The van der Waals surface area contributed by atoms with E-state index in [2.05, 4.69) is 26.2 Å². The summed E-state index contributed by atoms with van der Waals surface area (Å²) >= 11 is 0. The first-order valence-electron chi connectivity index (χ1n) is 14.2.